The number of rotatable bonds is 4. The average molecular weight is 216 g/mol. The lowest BCUT2D eigenvalue weighted by Gasteiger charge is -2.28. The highest BCUT2D eigenvalue weighted by Gasteiger charge is 2.33. The molecule has 1 aliphatic heterocycles. The van der Waals surface area contributed by atoms with Crippen LogP contribution in [0.15, 0.2) is 0 Å². The number of hydrogen-bond donors (Lipinski definition) is 4. The molecule has 5 heteroatoms. The smallest absolute Gasteiger partial charge is 0.225 e. The van der Waals surface area contributed by atoms with E-state index in [2.05, 4.69) is 10.6 Å². The van der Waals surface area contributed by atoms with E-state index in [0.717, 1.165) is 6.54 Å². The zero-order valence-corrected chi connectivity index (χ0v) is 9.29. The Balaban J connectivity index is 2.54. The molecule has 0 aromatic carbocycles. The van der Waals surface area contributed by atoms with Crippen LogP contribution in [0.5, 0.6) is 0 Å². The van der Waals surface area contributed by atoms with Crippen molar-refractivity contribution in [2.24, 2.45) is 11.8 Å². The van der Waals surface area contributed by atoms with Crippen LogP contribution in [0, 0.1) is 11.8 Å². The molecule has 0 aliphatic carbocycles. The van der Waals surface area contributed by atoms with Gasteiger partial charge in [0.2, 0.25) is 5.91 Å². The van der Waals surface area contributed by atoms with Gasteiger partial charge in [0.05, 0.1) is 24.7 Å². The standard InChI is InChI=1S/C10H20N2O3/c1-7-3-11-4-8(7)9(15)12-10(2,5-13)6-14/h7-8,11,13-14H,3-6H2,1-2H3,(H,12,15)/t7-,8-/m1/s1. The monoisotopic (exact) mass is 216 g/mol. The minimum Gasteiger partial charge on any atom is -0.394 e. The lowest BCUT2D eigenvalue weighted by Crippen LogP contribution is -2.54. The zero-order valence-electron chi connectivity index (χ0n) is 9.29. The molecule has 1 saturated heterocycles. The first-order valence-corrected chi connectivity index (χ1v) is 5.27. The van der Waals surface area contributed by atoms with Crippen LogP contribution in [0.3, 0.4) is 0 Å². The number of carbonyl (C=O) groups is 1. The molecule has 5 nitrogen and oxygen atoms in total. The van der Waals surface area contributed by atoms with Gasteiger partial charge in [0.25, 0.3) is 0 Å². The lowest BCUT2D eigenvalue weighted by molar-refractivity contribution is -0.128. The van der Waals surface area contributed by atoms with E-state index in [9.17, 15) is 4.79 Å². The van der Waals surface area contributed by atoms with Gasteiger partial charge in [-0.3, -0.25) is 4.79 Å². The van der Waals surface area contributed by atoms with Gasteiger partial charge in [-0.25, -0.2) is 0 Å². The molecule has 88 valence electrons. The second-order valence-electron chi connectivity index (χ2n) is 4.61. The van der Waals surface area contributed by atoms with Crippen molar-refractivity contribution >= 4 is 5.91 Å². The Morgan fingerprint density at radius 3 is 2.47 bits per heavy atom. The maximum absolute atomic E-state index is 11.8. The van der Waals surface area contributed by atoms with Gasteiger partial charge in [-0.05, 0) is 19.4 Å². The molecule has 1 heterocycles. The summed E-state index contributed by atoms with van der Waals surface area (Å²) in [6, 6.07) is 0. The topological polar surface area (TPSA) is 81.6 Å². The number of nitrogens with one attached hydrogen (secondary N) is 2. The molecule has 0 unspecified atom stereocenters. The van der Waals surface area contributed by atoms with Gasteiger partial charge in [-0.2, -0.15) is 0 Å². The van der Waals surface area contributed by atoms with Crippen molar-refractivity contribution in [3.63, 3.8) is 0 Å². The summed E-state index contributed by atoms with van der Waals surface area (Å²) in [4.78, 5) is 11.8. The Bertz CT molecular complexity index is 229. The molecule has 0 saturated carbocycles. The molecular weight excluding hydrogens is 196 g/mol. The fourth-order valence-electron chi connectivity index (χ4n) is 1.68. The van der Waals surface area contributed by atoms with Gasteiger partial charge >= 0.3 is 0 Å². The number of aliphatic hydroxyl groups is 2. The van der Waals surface area contributed by atoms with Crippen molar-refractivity contribution in [1.29, 1.82) is 0 Å². The molecule has 1 aliphatic rings. The van der Waals surface area contributed by atoms with Crippen molar-refractivity contribution in [2.75, 3.05) is 26.3 Å². The molecule has 0 radical (unpaired) electrons. The van der Waals surface area contributed by atoms with Gasteiger partial charge < -0.3 is 20.8 Å². The van der Waals surface area contributed by atoms with Crippen LogP contribution in [0.2, 0.25) is 0 Å². The first kappa shape index (κ1) is 12.4. The predicted octanol–water partition coefficient (Wildman–Crippen LogP) is -1.30. The Kier molecular flexibility index (Phi) is 4.07. The van der Waals surface area contributed by atoms with E-state index >= 15 is 0 Å². The fourth-order valence-corrected chi connectivity index (χ4v) is 1.68. The van der Waals surface area contributed by atoms with E-state index in [4.69, 9.17) is 10.2 Å². The summed E-state index contributed by atoms with van der Waals surface area (Å²) >= 11 is 0. The maximum Gasteiger partial charge on any atom is 0.225 e. The molecule has 15 heavy (non-hydrogen) atoms. The highest BCUT2D eigenvalue weighted by atomic mass is 16.3. The Hall–Kier alpha value is -0.650. The van der Waals surface area contributed by atoms with Gasteiger partial charge in [-0.1, -0.05) is 6.92 Å². The quantitative estimate of drug-likeness (QED) is 0.471. The molecule has 1 amide bonds. The number of carbonyl (C=O) groups excluding carboxylic acids is 1. The van der Waals surface area contributed by atoms with Crippen molar-refractivity contribution in [3.8, 4) is 0 Å². The van der Waals surface area contributed by atoms with Crippen LogP contribution >= 0.6 is 0 Å². The third kappa shape index (κ3) is 2.90. The molecule has 0 bridgehead atoms. The molecule has 0 aromatic rings. The zero-order chi connectivity index (χ0) is 11.5. The summed E-state index contributed by atoms with van der Waals surface area (Å²) in [5, 5.41) is 23.9. The SMILES string of the molecule is C[C@@H]1CNC[C@H]1C(=O)NC(C)(CO)CO. The second-order valence-corrected chi connectivity index (χ2v) is 4.61. The predicted molar refractivity (Wildman–Crippen MR) is 56.2 cm³/mol. The average Bonchev–Trinajstić information content (AvgIpc) is 2.64. The second kappa shape index (κ2) is 4.92. The van der Waals surface area contributed by atoms with Gasteiger partial charge in [0.15, 0.2) is 0 Å². The molecular formula is C10H20N2O3. The van der Waals surface area contributed by atoms with Crippen molar-refractivity contribution in [1.82, 2.24) is 10.6 Å². The molecule has 1 rings (SSSR count). The highest BCUT2D eigenvalue weighted by Crippen LogP contribution is 2.17. The van der Waals surface area contributed by atoms with E-state index in [1.165, 1.54) is 0 Å². The minimum absolute atomic E-state index is 0.0672. The summed E-state index contributed by atoms with van der Waals surface area (Å²) in [6.45, 7) is 4.62. The van der Waals surface area contributed by atoms with Crippen molar-refractivity contribution in [3.05, 3.63) is 0 Å². The van der Waals surface area contributed by atoms with Crippen LogP contribution in [-0.4, -0.2) is 48.0 Å². The summed E-state index contributed by atoms with van der Waals surface area (Å²) < 4.78 is 0. The Labute approximate surface area is 89.9 Å². The van der Waals surface area contributed by atoms with Gasteiger partial charge in [-0.15, -0.1) is 0 Å². The number of aliphatic hydroxyl groups excluding tert-OH is 2. The number of amides is 1. The summed E-state index contributed by atoms with van der Waals surface area (Å²) in [7, 11) is 0. The van der Waals surface area contributed by atoms with E-state index in [-0.39, 0.29) is 25.0 Å². The first-order chi connectivity index (χ1) is 7.02. The van der Waals surface area contributed by atoms with E-state index in [1.807, 2.05) is 6.92 Å². The first-order valence-electron chi connectivity index (χ1n) is 5.27. The molecule has 2 atom stereocenters. The van der Waals surface area contributed by atoms with Crippen LogP contribution in [0.4, 0.5) is 0 Å². The molecule has 0 spiro atoms. The van der Waals surface area contributed by atoms with E-state index in [1.54, 1.807) is 6.92 Å². The summed E-state index contributed by atoms with van der Waals surface area (Å²) in [5.41, 5.74) is -0.917. The molecule has 1 fully saturated rings. The third-order valence-corrected chi connectivity index (χ3v) is 2.98. The number of hydrogen-bond acceptors (Lipinski definition) is 4. The third-order valence-electron chi connectivity index (χ3n) is 2.98. The van der Waals surface area contributed by atoms with Crippen molar-refractivity contribution in [2.45, 2.75) is 19.4 Å². The Morgan fingerprint density at radius 2 is 2.07 bits per heavy atom. The van der Waals surface area contributed by atoms with E-state index < -0.39 is 5.54 Å². The van der Waals surface area contributed by atoms with Crippen LogP contribution < -0.4 is 10.6 Å². The normalized spacial score (nSPS) is 26.7. The van der Waals surface area contributed by atoms with Gasteiger partial charge in [0, 0.05) is 6.54 Å². The minimum atomic E-state index is -0.917. The van der Waals surface area contributed by atoms with E-state index in [0.29, 0.717) is 12.5 Å². The fraction of sp³-hybridized carbons (Fsp3) is 0.900. The highest BCUT2D eigenvalue weighted by molar-refractivity contribution is 5.80. The lowest BCUT2D eigenvalue weighted by atomic mass is 9.95. The largest absolute Gasteiger partial charge is 0.394 e. The maximum atomic E-state index is 11.8. The van der Waals surface area contributed by atoms with Crippen LogP contribution in [-0.2, 0) is 4.79 Å². The molecule has 4 N–H and O–H groups in total. The summed E-state index contributed by atoms with van der Waals surface area (Å²) in [6.07, 6.45) is 0. The van der Waals surface area contributed by atoms with Crippen molar-refractivity contribution < 1.29 is 15.0 Å². The van der Waals surface area contributed by atoms with Crippen LogP contribution in [0.1, 0.15) is 13.8 Å². The van der Waals surface area contributed by atoms with Gasteiger partial charge in [0.1, 0.15) is 0 Å². The molecule has 0 aromatic heterocycles. The van der Waals surface area contributed by atoms with Crippen LogP contribution in [0.25, 0.3) is 0 Å². The Morgan fingerprint density at radius 1 is 1.47 bits per heavy atom. The summed E-state index contributed by atoms with van der Waals surface area (Å²) in [5.74, 6) is 0.132.